The molecule has 96 valence electrons. The summed E-state index contributed by atoms with van der Waals surface area (Å²) in [7, 11) is 1.24. The van der Waals surface area contributed by atoms with Crippen molar-refractivity contribution in [2.24, 2.45) is 0 Å². The molecule has 1 atom stereocenters. The van der Waals surface area contributed by atoms with Gasteiger partial charge in [-0.05, 0) is 0 Å². The van der Waals surface area contributed by atoms with Crippen molar-refractivity contribution in [1.82, 2.24) is 4.90 Å². The van der Waals surface area contributed by atoms with Crippen LogP contribution in [0.1, 0.15) is 5.76 Å². The molecular formula is C12H12ClNO4. The highest BCUT2D eigenvalue weighted by Gasteiger charge is 2.40. The van der Waals surface area contributed by atoms with Gasteiger partial charge in [-0.1, -0.05) is 24.3 Å². The summed E-state index contributed by atoms with van der Waals surface area (Å²) in [6.45, 7) is 0. The number of fused-ring (bicyclic) bond motifs is 1. The normalized spacial score (nSPS) is 14.4. The van der Waals surface area contributed by atoms with E-state index in [1.165, 1.54) is 13.3 Å². The molecule has 2 N–H and O–H groups in total. The van der Waals surface area contributed by atoms with Crippen LogP contribution in [0.4, 0.5) is 4.79 Å². The third kappa shape index (κ3) is 1.81. The van der Waals surface area contributed by atoms with E-state index in [4.69, 9.17) is 21.1 Å². The molecule has 1 amide bonds. The molecule has 0 aliphatic rings. The van der Waals surface area contributed by atoms with Gasteiger partial charge in [0, 0.05) is 17.8 Å². The molecule has 0 unspecified atom stereocenters. The Hall–Kier alpha value is -1.72. The first-order chi connectivity index (χ1) is 8.50. The molecule has 18 heavy (non-hydrogen) atoms. The zero-order valence-electron chi connectivity index (χ0n) is 9.63. The van der Waals surface area contributed by atoms with Crippen LogP contribution >= 0.6 is 11.6 Å². The van der Waals surface area contributed by atoms with Gasteiger partial charge >= 0.3 is 6.09 Å². The molecule has 0 spiro atoms. The lowest BCUT2D eigenvalue weighted by molar-refractivity contribution is -0.0808. The van der Waals surface area contributed by atoms with Crippen molar-refractivity contribution in [2.75, 3.05) is 12.9 Å². The second-order valence-electron chi connectivity index (χ2n) is 3.94. The van der Waals surface area contributed by atoms with Gasteiger partial charge < -0.3 is 14.6 Å². The van der Waals surface area contributed by atoms with E-state index in [-0.39, 0.29) is 11.6 Å². The molecule has 0 saturated heterocycles. The predicted octanol–water partition coefficient (Wildman–Crippen LogP) is 2.43. The summed E-state index contributed by atoms with van der Waals surface area (Å²) in [6.07, 6.45) is 0.163. The number of hydrogen-bond acceptors (Lipinski definition) is 3. The van der Waals surface area contributed by atoms with Gasteiger partial charge in [0.2, 0.25) is 5.72 Å². The molecule has 0 bridgehead atoms. The van der Waals surface area contributed by atoms with Gasteiger partial charge in [0.05, 0.1) is 12.1 Å². The van der Waals surface area contributed by atoms with Crippen LogP contribution < -0.4 is 0 Å². The zero-order valence-corrected chi connectivity index (χ0v) is 10.4. The average Bonchev–Trinajstić information content (AvgIpc) is 2.81. The first-order valence-electron chi connectivity index (χ1n) is 5.22. The Morgan fingerprint density at radius 3 is 2.78 bits per heavy atom. The summed E-state index contributed by atoms with van der Waals surface area (Å²) >= 11 is 5.72. The molecule has 1 heterocycles. The highest BCUT2D eigenvalue weighted by atomic mass is 35.5. The highest BCUT2D eigenvalue weighted by molar-refractivity contribution is 6.18. The number of carbonyl (C=O) groups is 1. The van der Waals surface area contributed by atoms with Crippen molar-refractivity contribution in [3.8, 4) is 0 Å². The van der Waals surface area contributed by atoms with E-state index in [1.54, 1.807) is 18.2 Å². The van der Waals surface area contributed by atoms with Crippen LogP contribution in [0.2, 0.25) is 0 Å². The summed E-state index contributed by atoms with van der Waals surface area (Å²) in [5.41, 5.74) is -1.89. The molecule has 0 aliphatic heterocycles. The minimum atomic E-state index is -1.89. The number of hydrogen-bond donors (Lipinski definition) is 2. The van der Waals surface area contributed by atoms with Crippen molar-refractivity contribution < 1.29 is 19.4 Å². The largest absolute Gasteiger partial charge is 0.465 e. The number of rotatable bonds is 3. The third-order valence-electron chi connectivity index (χ3n) is 2.90. The van der Waals surface area contributed by atoms with E-state index in [0.717, 1.165) is 10.3 Å². The minimum Gasteiger partial charge on any atom is -0.465 e. The molecule has 2 rings (SSSR count). The first kappa shape index (κ1) is 12.7. The van der Waals surface area contributed by atoms with Crippen LogP contribution in [0, 0.1) is 0 Å². The first-order valence-corrected chi connectivity index (χ1v) is 5.76. The maximum atomic E-state index is 11.0. The Kier molecular flexibility index (Phi) is 3.19. The van der Waals surface area contributed by atoms with Gasteiger partial charge in [-0.25, -0.2) is 4.79 Å². The van der Waals surface area contributed by atoms with E-state index in [2.05, 4.69) is 0 Å². The van der Waals surface area contributed by atoms with Crippen molar-refractivity contribution in [2.45, 2.75) is 5.72 Å². The van der Waals surface area contributed by atoms with Crippen LogP contribution in [-0.4, -0.2) is 34.1 Å². The second-order valence-corrected chi connectivity index (χ2v) is 4.21. The second kappa shape index (κ2) is 4.51. The molecule has 0 aliphatic carbocycles. The maximum absolute atomic E-state index is 11.0. The summed E-state index contributed by atoms with van der Waals surface area (Å²) < 4.78 is 5.30. The average molecular weight is 270 g/mol. The minimum absolute atomic E-state index is 0.123. The van der Waals surface area contributed by atoms with Gasteiger partial charge in [-0.2, -0.15) is 0 Å². The van der Waals surface area contributed by atoms with Crippen LogP contribution in [0.3, 0.4) is 0 Å². The molecule has 5 nitrogen and oxygen atoms in total. The van der Waals surface area contributed by atoms with E-state index in [0.29, 0.717) is 5.39 Å². The molecule has 1 aromatic carbocycles. The number of aliphatic hydroxyl groups is 1. The Bertz CT molecular complexity index is 582. The van der Waals surface area contributed by atoms with Gasteiger partial charge in [-0.15, -0.1) is 11.6 Å². The van der Waals surface area contributed by atoms with E-state index in [1.807, 2.05) is 6.07 Å². The van der Waals surface area contributed by atoms with Crippen LogP contribution in [-0.2, 0) is 5.72 Å². The SMILES string of the molecule is CN(C(=O)O)[C@@](O)(CCl)c1occ2ccccc12. The highest BCUT2D eigenvalue weighted by Crippen LogP contribution is 2.33. The number of amides is 1. The Balaban J connectivity index is 2.60. The fourth-order valence-corrected chi connectivity index (χ4v) is 2.06. The summed E-state index contributed by atoms with van der Waals surface area (Å²) in [4.78, 5) is 11.7. The van der Waals surface area contributed by atoms with E-state index in [9.17, 15) is 9.90 Å². The number of alkyl halides is 1. The summed E-state index contributed by atoms with van der Waals surface area (Å²) in [5.74, 6) is -0.203. The number of furan rings is 1. The van der Waals surface area contributed by atoms with Crippen LogP contribution in [0.5, 0.6) is 0 Å². The molecule has 0 fully saturated rings. The Morgan fingerprint density at radius 1 is 1.50 bits per heavy atom. The van der Waals surface area contributed by atoms with Gasteiger partial charge in [0.25, 0.3) is 0 Å². The zero-order chi connectivity index (χ0) is 13.3. The summed E-state index contributed by atoms with van der Waals surface area (Å²) in [5, 5.41) is 20.8. The smallest absolute Gasteiger partial charge is 0.409 e. The monoisotopic (exact) mass is 269 g/mol. The Morgan fingerprint density at radius 2 is 2.17 bits per heavy atom. The van der Waals surface area contributed by atoms with Crippen molar-refractivity contribution >= 4 is 28.5 Å². The molecule has 2 aromatic rings. The van der Waals surface area contributed by atoms with Crippen molar-refractivity contribution in [3.05, 3.63) is 36.3 Å². The fraction of sp³-hybridized carbons (Fsp3) is 0.250. The predicted molar refractivity (Wildman–Crippen MR) is 66.6 cm³/mol. The molecular weight excluding hydrogens is 258 g/mol. The fourth-order valence-electron chi connectivity index (χ4n) is 1.76. The number of benzene rings is 1. The molecule has 6 heteroatoms. The van der Waals surface area contributed by atoms with Crippen molar-refractivity contribution in [1.29, 1.82) is 0 Å². The lowest BCUT2D eigenvalue weighted by Crippen LogP contribution is -2.48. The molecule has 0 radical (unpaired) electrons. The van der Waals surface area contributed by atoms with Gasteiger partial charge in [0.15, 0.2) is 5.76 Å². The molecule has 0 saturated carbocycles. The molecule has 1 aromatic heterocycles. The quantitative estimate of drug-likeness (QED) is 0.663. The lowest BCUT2D eigenvalue weighted by atomic mass is 10.1. The lowest BCUT2D eigenvalue weighted by Gasteiger charge is -2.31. The number of halogens is 1. The number of carboxylic acid groups (broad SMARTS) is 1. The standard InChI is InChI=1S/C12H12ClNO4/c1-14(11(15)16)12(17,7-13)10-9-5-3-2-4-8(9)6-18-10/h2-6,17H,7H2,1H3,(H,15,16)/t12-/m1/s1. The van der Waals surface area contributed by atoms with Crippen LogP contribution in [0.15, 0.2) is 34.9 Å². The summed E-state index contributed by atoms with van der Waals surface area (Å²) in [6, 6.07) is 7.14. The van der Waals surface area contributed by atoms with Gasteiger partial charge in [-0.3, -0.25) is 4.90 Å². The Labute approximate surface area is 108 Å². The van der Waals surface area contributed by atoms with Gasteiger partial charge in [0.1, 0.15) is 0 Å². The maximum Gasteiger partial charge on any atom is 0.409 e. The topological polar surface area (TPSA) is 73.9 Å². The van der Waals surface area contributed by atoms with E-state index >= 15 is 0 Å². The van der Waals surface area contributed by atoms with Crippen LogP contribution in [0.25, 0.3) is 10.8 Å². The van der Waals surface area contributed by atoms with E-state index < -0.39 is 11.8 Å². The number of nitrogens with zero attached hydrogens (tertiary/aromatic N) is 1. The third-order valence-corrected chi connectivity index (χ3v) is 3.27. The van der Waals surface area contributed by atoms with Crippen molar-refractivity contribution in [3.63, 3.8) is 0 Å².